The molecule has 10 nitrogen and oxygen atoms in total. The average Bonchev–Trinajstić information content (AvgIpc) is 2.82. The number of nitrogens with zero attached hydrogens (tertiary/aromatic N) is 2. The van der Waals surface area contributed by atoms with E-state index in [4.69, 9.17) is 25.7 Å². The second-order valence-corrected chi connectivity index (χ2v) is 5.66. The molecule has 1 rings (SSSR count). The number of aliphatic carboxylic acids is 1. The highest BCUT2D eigenvalue weighted by Gasteiger charge is 2.31. The third kappa shape index (κ3) is 4.98. The topological polar surface area (TPSA) is 167 Å². The minimum absolute atomic E-state index is 0.176. The number of hydrogen-bond acceptors (Lipinski definition) is 9. The third-order valence-electron chi connectivity index (χ3n) is 2.30. The minimum atomic E-state index is -1.74. The molecule has 0 aliphatic rings. The SMILES string of the molecule is CC(C)(O/N=C(/C(=O)NCB(O)O)c1cnc(N)s1)C(=O)O. The number of thiazole rings is 1. The fourth-order valence-electron chi connectivity index (χ4n) is 1.06. The number of oxime groups is 1. The van der Waals surface area contributed by atoms with Crippen LogP contribution < -0.4 is 11.1 Å². The number of aromatic nitrogens is 1. The van der Waals surface area contributed by atoms with Gasteiger partial charge in [-0.25, -0.2) is 9.78 Å². The van der Waals surface area contributed by atoms with Crippen molar-refractivity contribution in [3.8, 4) is 0 Å². The van der Waals surface area contributed by atoms with Gasteiger partial charge in [0.05, 0.1) is 11.3 Å². The van der Waals surface area contributed by atoms with Crippen molar-refractivity contribution in [1.29, 1.82) is 0 Å². The van der Waals surface area contributed by atoms with Crippen LogP contribution in [0.4, 0.5) is 5.13 Å². The Morgan fingerprint density at radius 2 is 2.18 bits per heavy atom. The number of carboxylic acid groups (broad SMARTS) is 1. The van der Waals surface area contributed by atoms with Gasteiger partial charge >= 0.3 is 13.1 Å². The lowest BCUT2D eigenvalue weighted by Crippen LogP contribution is -2.40. The zero-order valence-corrected chi connectivity index (χ0v) is 12.6. The van der Waals surface area contributed by atoms with Crippen LogP contribution in [0.25, 0.3) is 0 Å². The molecular weight excluding hydrogens is 315 g/mol. The van der Waals surface area contributed by atoms with Gasteiger partial charge in [0.15, 0.2) is 10.8 Å². The van der Waals surface area contributed by atoms with Crippen molar-refractivity contribution in [3.05, 3.63) is 11.1 Å². The highest BCUT2D eigenvalue weighted by atomic mass is 32.1. The molecule has 12 heteroatoms. The second-order valence-electron chi connectivity index (χ2n) is 4.60. The van der Waals surface area contributed by atoms with Gasteiger partial charge in [-0.2, -0.15) is 0 Å². The van der Waals surface area contributed by atoms with Crippen LogP contribution >= 0.6 is 11.3 Å². The number of rotatable bonds is 7. The number of nitrogens with two attached hydrogens (primary N) is 1. The summed E-state index contributed by atoms with van der Waals surface area (Å²) in [4.78, 5) is 31.8. The zero-order valence-electron chi connectivity index (χ0n) is 11.8. The Morgan fingerprint density at radius 3 is 2.64 bits per heavy atom. The lowest BCUT2D eigenvalue weighted by molar-refractivity contribution is -0.161. The van der Waals surface area contributed by atoms with E-state index >= 15 is 0 Å². The van der Waals surface area contributed by atoms with Gasteiger partial charge in [-0.3, -0.25) is 4.79 Å². The van der Waals surface area contributed by atoms with E-state index in [9.17, 15) is 9.59 Å². The first-order valence-corrected chi connectivity index (χ1v) is 6.80. The normalized spacial score (nSPS) is 11.9. The molecular formula is C10H15BN4O6S. The molecule has 0 saturated heterocycles. The molecule has 1 aromatic rings. The molecule has 0 aliphatic carbocycles. The van der Waals surface area contributed by atoms with Gasteiger partial charge in [-0.05, 0) is 13.8 Å². The maximum absolute atomic E-state index is 12.0. The van der Waals surface area contributed by atoms with Gasteiger partial charge in [0, 0.05) is 6.20 Å². The van der Waals surface area contributed by atoms with Gasteiger partial charge in [-0.15, -0.1) is 0 Å². The number of amides is 1. The first kappa shape index (κ1) is 17.9. The van der Waals surface area contributed by atoms with Crippen molar-refractivity contribution in [2.24, 2.45) is 5.16 Å². The number of carbonyl (C=O) groups excluding carboxylic acids is 1. The first-order valence-electron chi connectivity index (χ1n) is 5.99. The Bertz CT molecular complexity index is 588. The van der Waals surface area contributed by atoms with Crippen molar-refractivity contribution < 1.29 is 29.6 Å². The molecule has 0 aromatic carbocycles. The van der Waals surface area contributed by atoms with E-state index < -0.39 is 31.0 Å². The van der Waals surface area contributed by atoms with Crippen molar-refractivity contribution in [1.82, 2.24) is 10.3 Å². The van der Waals surface area contributed by atoms with E-state index in [2.05, 4.69) is 15.5 Å². The van der Waals surface area contributed by atoms with E-state index in [0.29, 0.717) is 0 Å². The molecule has 1 aromatic heterocycles. The first-order chi connectivity index (χ1) is 10.1. The predicted molar refractivity (Wildman–Crippen MR) is 79.1 cm³/mol. The van der Waals surface area contributed by atoms with Crippen molar-refractivity contribution >= 4 is 41.2 Å². The summed E-state index contributed by atoms with van der Waals surface area (Å²) in [5.74, 6) is -2.07. The largest absolute Gasteiger partial charge is 0.478 e. The Labute approximate surface area is 129 Å². The third-order valence-corrected chi connectivity index (χ3v) is 3.13. The summed E-state index contributed by atoms with van der Waals surface area (Å²) in [7, 11) is -1.74. The summed E-state index contributed by atoms with van der Waals surface area (Å²) in [6.45, 7) is 2.51. The maximum Gasteiger partial charge on any atom is 0.472 e. The number of hydrogen-bond donors (Lipinski definition) is 5. The van der Waals surface area contributed by atoms with E-state index in [1.165, 1.54) is 20.0 Å². The lowest BCUT2D eigenvalue weighted by Gasteiger charge is -2.17. The number of nitrogens with one attached hydrogen (secondary N) is 1. The monoisotopic (exact) mass is 330 g/mol. The van der Waals surface area contributed by atoms with Gasteiger partial charge in [0.2, 0.25) is 5.60 Å². The van der Waals surface area contributed by atoms with E-state index in [1.54, 1.807) is 0 Å². The van der Waals surface area contributed by atoms with E-state index in [1.807, 2.05) is 0 Å². The Balaban J connectivity index is 3.01. The van der Waals surface area contributed by atoms with E-state index in [-0.39, 0.29) is 15.7 Å². The summed E-state index contributed by atoms with van der Waals surface area (Å²) in [5.41, 5.74) is 3.55. The number of carboxylic acids is 1. The molecule has 1 heterocycles. The van der Waals surface area contributed by atoms with Crippen molar-refractivity contribution in [2.45, 2.75) is 19.4 Å². The van der Waals surface area contributed by atoms with Crippen molar-refractivity contribution in [2.75, 3.05) is 12.2 Å². The molecule has 0 saturated carbocycles. The smallest absolute Gasteiger partial charge is 0.472 e. The summed E-state index contributed by atoms with van der Waals surface area (Å²) < 4.78 is 0. The van der Waals surface area contributed by atoms with Crippen LogP contribution in [-0.2, 0) is 14.4 Å². The molecule has 120 valence electrons. The van der Waals surface area contributed by atoms with Gasteiger partial charge in [0.25, 0.3) is 5.91 Å². The summed E-state index contributed by atoms with van der Waals surface area (Å²) in [5, 5.41) is 32.4. The van der Waals surface area contributed by atoms with Crippen LogP contribution in [-0.4, -0.2) is 56.9 Å². The van der Waals surface area contributed by atoms with Crippen LogP contribution in [0.5, 0.6) is 0 Å². The molecule has 22 heavy (non-hydrogen) atoms. The van der Waals surface area contributed by atoms with Gasteiger partial charge < -0.3 is 31.0 Å². The average molecular weight is 330 g/mol. The van der Waals surface area contributed by atoms with Gasteiger partial charge in [0.1, 0.15) is 0 Å². The van der Waals surface area contributed by atoms with Crippen molar-refractivity contribution in [3.63, 3.8) is 0 Å². The van der Waals surface area contributed by atoms with Crippen LogP contribution in [0.3, 0.4) is 0 Å². The fourth-order valence-corrected chi connectivity index (χ4v) is 1.72. The Hall–Kier alpha value is -2.18. The minimum Gasteiger partial charge on any atom is -0.478 e. The number of carbonyl (C=O) groups is 2. The molecule has 1 amide bonds. The number of anilines is 1. The van der Waals surface area contributed by atoms with E-state index in [0.717, 1.165) is 11.3 Å². The summed E-state index contributed by atoms with van der Waals surface area (Å²) in [6, 6.07) is 0. The molecule has 0 fully saturated rings. The summed E-state index contributed by atoms with van der Waals surface area (Å²) >= 11 is 0.940. The molecule has 0 radical (unpaired) electrons. The van der Waals surface area contributed by atoms with Crippen LogP contribution in [0.15, 0.2) is 11.4 Å². The highest BCUT2D eigenvalue weighted by Crippen LogP contribution is 2.17. The van der Waals surface area contributed by atoms with Crippen LogP contribution in [0.1, 0.15) is 18.7 Å². The molecule has 0 aliphatic heterocycles. The predicted octanol–water partition coefficient (Wildman–Crippen LogP) is -1.56. The molecule has 6 N–H and O–H groups in total. The molecule has 0 atom stereocenters. The number of nitrogen functional groups attached to an aromatic ring is 1. The zero-order chi connectivity index (χ0) is 16.9. The Kier molecular flexibility index (Phi) is 5.85. The highest BCUT2D eigenvalue weighted by molar-refractivity contribution is 7.18. The second kappa shape index (κ2) is 7.20. The Morgan fingerprint density at radius 1 is 1.55 bits per heavy atom. The maximum atomic E-state index is 12.0. The molecule has 0 bridgehead atoms. The van der Waals surface area contributed by atoms with Crippen LogP contribution in [0, 0.1) is 0 Å². The fraction of sp³-hybridized carbons (Fsp3) is 0.400. The molecule has 0 spiro atoms. The lowest BCUT2D eigenvalue weighted by atomic mass is 9.92. The standard InChI is InChI=1S/C10H15BN4O6S/c1-10(2,8(17)18)21-15-6(5-3-13-9(12)22-5)7(16)14-4-11(19)20/h3,19-20H,4H2,1-2H3,(H2,12,13)(H,14,16)(H,17,18)/b15-6+. The van der Waals surface area contributed by atoms with Gasteiger partial charge in [-0.1, -0.05) is 16.5 Å². The summed E-state index contributed by atoms with van der Waals surface area (Å²) in [6.07, 6.45) is 0.833. The van der Waals surface area contributed by atoms with Crippen LogP contribution in [0.2, 0.25) is 0 Å². The quantitative estimate of drug-likeness (QED) is 0.227. The molecule has 0 unspecified atom stereocenters.